The molecule has 0 atom stereocenters. The third-order valence-corrected chi connectivity index (χ3v) is 24.0. The first-order chi connectivity index (χ1) is 49.5. The maximum absolute atomic E-state index is 2.70. The molecule has 0 saturated carbocycles. The van der Waals surface area contributed by atoms with Crippen LogP contribution in [0.3, 0.4) is 0 Å². The monoisotopic (exact) mass is 1390 g/mol. The van der Waals surface area contributed by atoms with Gasteiger partial charge >= 0.3 is 0 Å². The van der Waals surface area contributed by atoms with E-state index >= 15 is 0 Å². The van der Waals surface area contributed by atoms with E-state index < -0.39 is 0 Å². The summed E-state index contributed by atoms with van der Waals surface area (Å²) in [6.07, 6.45) is 0. The summed E-state index contributed by atoms with van der Waals surface area (Å²) in [6, 6.07) is 93.7. The molecular formula is C100H102BN3S. The largest absolute Gasteiger partial charge is 0.311 e. The predicted octanol–water partition coefficient (Wildman–Crippen LogP) is 27.0. The Morgan fingerprint density at radius 2 is 0.648 bits per heavy atom. The van der Waals surface area contributed by atoms with Crippen LogP contribution in [0.15, 0.2) is 237 Å². The number of benzene rings is 12. The average molecular weight is 1390 g/mol. The number of anilines is 6. The van der Waals surface area contributed by atoms with Gasteiger partial charge in [0.05, 0.1) is 28.1 Å². The van der Waals surface area contributed by atoms with Gasteiger partial charge in [-0.25, -0.2) is 0 Å². The Balaban J connectivity index is 1.09. The van der Waals surface area contributed by atoms with Crippen molar-refractivity contribution in [3.8, 4) is 50.2 Å². The minimum Gasteiger partial charge on any atom is -0.311 e. The second-order valence-electron chi connectivity index (χ2n) is 37.6. The molecule has 2 aromatic heterocycles. The molecule has 0 fully saturated rings. The van der Waals surface area contributed by atoms with Crippen molar-refractivity contribution in [3.63, 3.8) is 0 Å². The molecule has 4 heterocycles. The van der Waals surface area contributed by atoms with Crippen molar-refractivity contribution >= 4 is 111 Å². The zero-order chi connectivity index (χ0) is 74.1. The van der Waals surface area contributed by atoms with Crippen molar-refractivity contribution in [3.05, 3.63) is 276 Å². The fraction of sp³-hybridized carbons (Fsp3) is 0.280. The zero-order valence-corrected chi connectivity index (χ0v) is 66.7. The lowest BCUT2D eigenvalue weighted by Crippen LogP contribution is -2.61. The summed E-state index contributed by atoms with van der Waals surface area (Å²) >= 11 is 1.89. The first-order valence-electron chi connectivity index (χ1n) is 38.2. The van der Waals surface area contributed by atoms with Crippen LogP contribution in [0.4, 0.5) is 34.1 Å². The second-order valence-corrected chi connectivity index (χ2v) is 38.7. The number of fused-ring (bicyclic) bond motifs is 10. The van der Waals surface area contributed by atoms with E-state index in [1.54, 1.807) is 0 Å². The van der Waals surface area contributed by atoms with Crippen LogP contribution in [0.5, 0.6) is 0 Å². The third-order valence-electron chi connectivity index (χ3n) is 22.8. The van der Waals surface area contributed by atoms with Crippen LogP contribution in [0.1, 0.15) is 184 Å². The molecule has 105 heavy (non-hydrogen) atoms. The Kier molecular flexibility index (Phi) is 16.2. The molecule has 0 saturated heterocycles. The minimum atomic E-state index is -0.233. The van der Waals surface area contributed by atoms with Crippen LogP contribution < -0.4 is 26.2 Å². The van der Waals surface area contributed by atoms with E-state index in [2.05, 4.69) is 396 Å². The number of para-hydroxylation sites is 2. The first kappa shape index (κ1) is 69.7. The number of thiophene rings is 1. The smallest absolute Gasteiger partial charge is 0.252 e. The van der Waals surface area contributed by atoms with Gasteiger partial charge in [0.15, 0.2) is 0 Å². The Labute approximate surface area is 629 Å². The Bertz CT molecular complexity index is 5690. The van der Waals surface area contributed by atoms with Gasteiger partial charge in [-0.1, -0.05) is 309 Å². The van der Waals surface area contributed by atoms with Crippen LogP contribution in [0.25, 0.3) is 92.2 Å². The zero-order valence-electron chi connectivity index (χ0n) is 65.8. The molecule has 16 rings (SSSR count). The Morgan fingerprint density at radius 1 is 0.257 bits per heavy atom. The van der Waals surface area contributed by atoms with Crippen molar-refractivity contribution in [1.29, 1.82) is 0 Å². The SMILES string of the molecule is CC(C)(C)c1ccc(-c2ccc3c(c2)B2c4cc(-c5cccc6sc7ccccc7c56)ccc4N(c4ccccc4-c4cc(C(C)(C)C)cc(C(C)(C)C)c4)c4cc(-n5c6ccc(C(C)(C)C)cc6c6cc(C(C)(C)C)ccc65)cc(c42)N3c2ccccc2-c2cc(C(C)(C)C)cc(C(C)(C)C)c2)cc1. The summed E-state index contributed by atoms with van der Waals surface area (Å²) in [5, 5.41) is 5.13. The number of hydrogen-bond donors (Lipinski definition) is 0. The van der Waals surface area contributed by atoms with E-state index in [4.69, 9.17) is 0 Å². The maximum Gasteiger partial charge on any atom is 0.252 e. The highest BCUT2D eigenvalue weighted by atomic mass is 32.1. The van der Waals surface area contributed by atoms with Gasteiger partial charge in [0.1, 0.15) is 0 Å². The average Bonchev–Trinajstić information content (AvgIpc) is 1.15. The first-order valence-corrected chi connectivity index (χ1v) is 39.0. The van der Waals surface area contributed by atoms with Crippen LogP contribution in [0.2, 0.25) is 0 Å². The summed E-state index contributed by atoms with van der Waals surface area (Å²) < 4.78 is 5.21. The molecule has 2 aliphatic heterocycles. The minimum absolute atomic E-state index is 0.00314. The maximum atomic E-state index is 2.70. The molecule has 2 aliphatic rings. The van der Waals surface area contributed by atoms with Crippen molar-refractivity contribution in [2.45, 2.75) is 183 Å². The summed E-state index contributed by atoms with van der Waals surface area (Å²) in [4.78, 5) is 5.39. The summed E-state index contributed by atoms with van der Waals surface area (Å²) in [5.41, 5.74) is 32.5. The summed E-state index contributed by atoms with van der Waals surface area (Å²) in [5.74, 6) is 0. The molecule has 0 aliphatic carbocycles. The normalized spacial score (nSPS) is 13.7. The molecule has 0 unspecified atom stereocenters. The van der Waals surface area contributed by atoms with Crippen LogP contribution in [-0.2, 0) is 37.9 Å². The van der Waals surface area contributed by atoms with E-state index in [9.17, 15) is 0 Å². The second kappa shape index (κ2) is 24.4. The highest BCUT2D eigenvalue weighted by Crippen LogP contribution is 2.53. The molecule has 526 valence electrons. The fourth-order valence-corrected chi connectivity index (χ4v) is 17.7. The highest BCUT2D eigenvalue weighted by Gasteiger charge is 2.46. The lowest BCUT2D eigenvalue weighted by Gasteiger charge is -2.45. The lowest BCUT2D eigenvalue weighted by atomic mass is 9.33. The molecule has 0 radical (unpaired) electrons. The van der Waals surface area contributed by atoms with Gasteiger partial charge < -0.3 is 14.4 Å². The van der Waals surface area contributed by atoms with Crippen molar-refractivity contribution in [2.24, 2.45) is 0 Å². The van der Waals surface area contributed by atoms with Crippen molar-refractivity contribution in [1.82, 2.24) is 4.57 Å². The number of hydrogen-bond acceptors (Lipinski definition) is 3. The molecule has 3 nitrogen and oxygen atoms in total. The van der Waals surface area contributed by atoms with Crippen molar-refractivity contribution in [2.75, 3.05) is 9.80 Å². The quantitative estimate of drug-likeness (QED) is 0.147. The lowest BCUT2D eigenvalue weighted by molar-refractivity contribution is 0.568. The van der Waals surface area contributed by atoms with Crippen LogP contribution >= 0.6 is 11.3 Å². The predicted molar refractivity (Wildman–Crippen MR) is 460 cm³/mol. The molecule has 0 N–H and O–H groups in total. The number of nitrogens with zero attached hydrogens (tertiary/aromatic N) is 3. The highest BCUT2D eigenvalue weighted by molar-refractivity contribution is 7.26. The molecular weight excluding hydrogens is 1290 g/mol. The molecule has 14 aromatic rings. The van der Waals surface area contributed by atoms with Gasteiger partial charge in [-0.05, 0) is 199 Å². The molecule has 0 spiro atoms. The molecule has 12 aromatic carbocycles. The third kappa shape index (κ3) is 12.1. The summed E-state index contributed by atoms with van der Waals surface area (Å²) in [7, 11) is 0. The van der Waals surface area contributed by atoms with E-state index in [0.29, 0.717) is 0 Å². The summed E-state index contributed by atoms with van der Waals surface area (Å²) in [6.45, 7) is 49.1. The fourth-order valence-electron chi connectivity index (χ4n) is 16.5. The van der Waals surface area contributed by atoms with Crippen LogP contribution in [0, 0.1) is 0 Å². The van der Waals surface area contributed by atoms with Gasteiger partial charge in [0.25, 0.3) is 6.71 Å². The van der Waals surface area contributed by atoms with E-state index in [-0.39, 0.29) is 44.6 Å². The molecule has 0 bridgehead atoms. The van der Waals surface area contributed by atoms with E-state index in [0.717, 1.165) is 39.8 Å². The van der Waals surface area contributed by atoms with Gasteiger partial charge in [-0.3, -0.25) is 0 Å². The Morgan fingerprint density at radius 3 is 1.11 bits per heavy atom. The van der Waals surface area contributed by atoms with Gasteiger partial charge in [-0.15, -0.1) is 11.3 Å². The molecule has 0 amide bonds. The van der Waals surface area contributed by atoms with Crippen LogP contribution in [-0.4, -0.2) is 11.3 Å². The van der Waals surface area contributed by atoms with Gasteiger partial charge in [-0.2, -0.15) is 0 Å². The van der Waals surface area contributed by atoms with Crippen molar-refractivity contribution < 1.29 is 0 Å². The van der Waals surface area contributed by atoms with E-state index in [1.807, 2.05) is 11.3 Å². The van der Waals surface area contributed by atoms with E-state index in [1.165, 1.54) is 142 Å². The van der Waals surface area contributed by atoms with Gasteiger partial charge in [0.2, 0.25) is 0 Å². The standard InChI is InChI=1S/C100H102BN3S/c1-94(2,3)66-41-37-61(38-42-66)62-39-45-86-80(53-62)101-81-54-63(76-32-28-36-91-92(76)77-31-24-27-35-90(77)105-91)40-46-87(81)104(83-34-26-23-30-75(83)65-51-71(99(16,17)18)56-72(52-65)100(19,20)21)89-60-73(102-84-47-43-67(95(4,5)6)57-78(84)79-58-68(96(7,8)9)44-48-85(79)102)59-88(93(89)101)103(86)82-33-25-22-29-74(82)64-49-69(97(10,11)12)55-70(50-64)98(13,14)15/h22-60H,1-21H3. The number of rotatable bonds is 7. The topological polar surface area (TPSA) is 11.4 Å². The Hall–Kier alpha value is -9.68. The van der Waals surface area contributed by atoms with Gasteiger partial charge in [0, 0.05) is 64.8 Å². The number of aromatic nitrogens is 1. The molecule has 5 heteroatoms.